The highest BCUT2D eigenvalue weighted by molar-refractivity contribution is 5.73. The lowest BCUT2D eigenvalue weighted by Crippen LogP contribution is -2.41. The molecule has 0 unspecified atom stereocenters. The van der Waals surface area contributed by atoms with Crippen LogP contribution in [0.4, 0.5) is 0 Å². The smallest absolute Gasteiger partial charge is 0.219 e. The summed E-state index contributed by atoms with van der Waals surface area (Å²) in [4.78, 5) is 12.4. The van der Waals surface area contributed by atoms with Crippen molar-refractivity contribution >= 4 is 5.91 Å². The Morgan fingerprint density at radius 2 is 2.00 bits per heavy atom. The van der Waals surface area contributed by atoms with E-state index < -0.39 is 0 Å². The van der Waals surface area contributed by atoms with E-state index in [2.05, 4.69) is 0 Å². The number of nitrogens with zero attached hydrogens (tertiary/aromatic N) is 1. The van der Waals surface area contributed by atoms with Crippen molar-refractivity contribution in [3.05, 3.63) is 0 Å². The molecule has 0 aliphatic heterocycles. The van der Waals surface area contributed by atoms with Crippen LogP contribution >= 0.6 is 0 Å². The maximum absolute atomic E-state index is 10.9. The summed E-state index contributed by atoms with van der Waals surface area (Å²) in [6, 6.07) is -0.0486. The van der Waals surface area contributed by atoms with Gasteiger partial charge in [0, 0.05) is 14.0 Å². The quantitative estimate of drug-likeness (QED) is 0.650. The molecule has 66 valence electrons. The molecule has 0 aromatic heterocycles. The van der Waals surface area contributed by atoms with Crippen molar-refractivity contribution in [1.29, 1.82) is 0 Å². The lowest BCUT2D eigenvalue weighted by molar-refractivity contribution is -0.131. The minimum Gasteiger partial charge on any atom is -0.394 e. The zero-order chi connectivity index (χ0) is 9.02. The van der Waals surface area contributed by atoms with Crippen LogP contribution in [0, 0.1) is 5.92 Å². The van der Waals surface area contributed by atoms with E-state index in [1.807, 2.05) is 13.8 Å². The standard InChI is InChI=1S/C8H17NO2/c1-6(2)8(5-10)9(4)7(3)11/h6,8,10H,5H2,1-4H3/t8-/m1/s1. The highest BCUT2D eigenvalue weighted by atomic mass is 16.3. The maximum atomic E-state index is 10.9. The van der Waals surface area contributed by atoms with Gasteiger partial charge in [0.15, 0.2) is 0 Å². The third-order valence-electron chi connectivity index (χ3n) is 1.95. The predicted molar refractivity (Wildman–Crippen MR) is 44.2 cm³/mol. The highest BCUT2D eigenvalue weighted by Crippen LogP contribution is 2.07. The lowest BCUT2D eigenvalue weighted by atomic mass is 10.0. The fourth-order valence-electron chi connectivity index (χ4n) is 1.01. The lowest BCUT2D eigenvalue weighted by Gasteiger charge is -2.28. The van der Waals surface area contributed by atoms with Crippen LogP contribution in [-0.2, 0) is 4.79 Å². The van der Waals surface area contributed by atoms with Gasteiger partial charge in [-0.1, -0.05) is 13.8 Å². The molecule has 0 saturated carbocycles. The zero-order valence-corrected chi connectivity index (χ0v) is 7.66. The second-order valence-corrected chi connectivity index (χ2v) is 3.12. The van der Waals surface area contributed by atoms with Gasteiger partial charge in [0.1, 0.15) is 0 Å². The van der Waals surface area contributed by atoms with E-state index in [1.165, 1.54) is 6.92 Å². The van der Waals surface area contributed by atoms with Gasteiger partial charge in [-0.15, -0.1) is 0 Å². The molecule has 0 aliphatic rings. The average molecular weight is 159 g/mol. The molecule has 11 heavy (non-hydrogen) atoms. The Morgan fingerprint density at radius 1 is 1.55 bits per heavy atom. The molecule has 0 rings (SSSR count). The van der Waals surface area contributed by atoms with E-state index in [0.717, 1.165) is 0 Å². The van der Waals surface area contributed by atoms with E-state index in [0.29, 0.717) is 5.92 Å². The van der Waals surface area contributed by atoms with Crippen molar-refractivity contribution in [2.45, 2.75) is 26.8 Å². The topological polar surface area (TPSA) is 40.5 Å². The summed E-state index contributed by atoms with van der Waals surface area (Å²) in [5.41, 5.74) is 0. The number of likely N-dealkylation sites (N-methyl/N-ethyl adjacent to an activating group) is 1. The van der Waals surface area contributed by atoms with Crippen LogP contribution in [0.25, 0.3) is 0 Å². The second-order valence-electron chi connectivity index (χ2n) is 3.12. The van der Waals surface area contributed by atoms with Crippen LogP contribution in [0.2, 0.25) is 0 Å². The van der Waals surface area contributed by atoms with E-state index in [4.69, 9.17) is 5.11 Å². The minimum atomic E-state index is -0.0486. The van der Waals surface area contributed by atoms with Crippen molar-refractivity contribution in [3.8, 4) is 0 Å². The molecule has 3 nitrogen and oxygen atoms in total. The van der Waals surface area contributed by atoms with Crippen molar-refractivity contribution in [2.75, 3.05) is 13.7 Å². The van der Waals surface area contributed by atoms with Gasteiger partial charge in [0.05, 0.1) is 12.6 Å². The Bertz CT molecular complexity index is 134. The number of carbonyl (C=O) groups is 1. The summed E-state index contributed by atoms with van der Waals surface area (Å²) in [6.45, 7) is 5.51. The van der Waals surface area contributed by atoms with Gasteiger partial charge in [-0.05, 0) is 5.92 Å². The Labute approximate surface area is 68.0 Å². The summed E-state index contributed by atoms with van der Waals surface area (Å²) in [5, 5.41) is 8.92. The number of hydrogen-bond acceptors (Lipinski definition) is 2. The molecule has 0 fully saturated rings. The van der Waals surface area contributed by atoms with Crippen LogP contribution < -0.4 is 0 Å². The third-order valence-corrected chi connectivity index (χ3v) is 1.95. The van der Waals surface area contributed by atoms with Crippen molar-refractivity contribution in [3.63, 3.8) is 0 Å². The number of amides is 1. The Hall–Kier alpha value is -0.570. The fourth-order valence-corrected chi connectivity index (χ4v) is 1.01. The predicted octanol–water partition coefficient (Wildman–Crippen LogP) is 0.482. The summed E-state index contributed by atoms with van der Waals surface area (Å²) in [5.74, 6) is 0.298. The molecule has 0 aromatic rings. The van der Waals surface area contributed by atoms with Gasteiger partial charge in [-0.25, -0.2) is 0 Å². The summed E-state index contributed by atoms with van der Waals surface area (Å²) < 4.78 is 0. The molecule has 1 atom stereocenters. The highest BCUT2D eigenvalue weighted by Gasteiger charge is 2.18. The molecule has 0 radical (unpaired) electrons. The van der Waals surface area contributed by atoms with Gasteiger partial charge in [-0.3, -0.25) is 4.79 Å². The molecule has 1 N–H and O–H groups in total. The van der Waals surface area contributed by atoms with Gasteiger partial charge < -0.3 is 10.0 Å². The normalized spacial score (nSPS) is 13.3. The molecule has 0 spiro atoms. The van der Waals surface area contributed by atoms with E-state index in [9.17, 15) is 4.79 Å². The SMILES string of the molecule is CC(=O)N(C)[C@H](CO)C(C)C. The summed E-state index contributed by atoms with van der Waals surface area (Å²) >= 11 is 0. The number of rotatable bonds is 3. The second kappa shape index (κ2) is 4.34. The van der Waals surface area contributed by atoms with E-state index in [1.54, 1.807) is 11.9 Å². The van der Waals surface area contributed by atoms with Crippen molar-refractivity contribution in [1.82, 2.24) is 4.90 Å². The first-order valence-electron chi connectivity index (χ1n) is 3.85. The first-order chi connectivity index (χ1) is 5.00. The van der Waals surface area contributed by atoms with E-state index >= 15 is 0 Å². The zero-order valence-electron chi connectivity index (χ0n) is 7.66. The number of carbonyl (C=O) groups excluding carboxylic acids is 1. The third kappa shape index (κ3) is 2.89. The summed E-state index contributed by atoms with van der Waals surface area (Å²) in [7, 11) is 1.71. The number of aliphatic hydroxyl groups is 1. The first-order valence-corrected chi connectivity index (χ1v) is 3.85. The Kier molecular flexibility index (Phi) is 4.11. The van der Waals surface area contributed by atoms with Gasteiger partial charge in [0.2, 0.25) is 5.91 Å². The van der Waals surface area contributed by atoms with Gasteiger partial charge in [0.25, 0.3) is 0 Å². The molecule has 1 amide bonds. The van der Waals surface area contributed by atoms with Crippen molar-refractivity contribution < 1.29 is 9.90 Å². The molecule has 0 aromatic carbocycles. The molecule has 0 aliphatic carbocycles. The Balaban J connectivity index is 4.13. The summed E-state index contributed by atoms with van der Waals surface area (Å²) in [6.07, 6.45) is 0. The van der Waals surface area contributed by atoms with Crippen LogP contribution in [0.5, 0.6) is 0 Å². The van der Waals surface area contributed by atoms with Crippen LogP contribution in [0.1, 0.15) is 20.8 Å². The minimum absolute atomic E-state index is 0.00208. The number of hydrogen-bond donors (Lipinski definition) is 1. The van der Waals surface area contributed by atoms with Gasteiger partial charge in [-0.2, -0.15) is 0 Å². The van der Waals surface area contributed by atoms with Crippen LogP contribution in [0.15, 0.2) is 0 Å². The van der Waals surface area contributed by atoms with Crippen LogP contribution in [-0.4, -0.2) is 35.6 Å². The average Bonchev–Trinajstić information content (AvgIpc) is 1.88. The maximum Gasteiger partial charge on any atom is 0.219 e. The number of aliphatic hydroxyl groups excluding tert-OH is 1. The Morgan fingerprint density at radius 3 is 2.09 bits per heavy atom. The monoisotopic (exact) mass is 159 g/mol. The van der Waals surface area contributed by atoms with Gasteiger partial charge >= 0.3 is 0 Å². The molecule has 0 heterocycles. The largest absolute Gasteiger partial charge is 0.394 e. The van der Waals surface area contributed by atoms with E-state index in [-0.39, 0.29) is 18.6 Å². The molecule has 0 bridgehead atoms. The molecular weight excluding hydrogens is 142 g/mol. The first kappa shape index (κ1) is 10.4. The van der Waals surface area contributed by atoms with Crippen LogP contribution in [0.3, 0.4) is 0 Å². The molecule has 0 saturated heterocycles. The molecule has 3 heteroatoms. The molecular formula is C8H17NO2. The van der Waals surface area contributed by atoms with Crippen molar-refractivity contribution in [2.24, 2.45) is 5.92 Å². The fraction of sp³-hybridized carbons (Fsp3) is 0.875.